The first-order chi connectivity index (χ1) is 8.90. The zero-order valence-electron chi connectivity index (χ0n) is 10.1. The van der Waals surface area contributed by atoms with E-state index in [1.807, 2.05) is 0 Å². The highest BCUT2D eigenvalue weighted by Gasteiger charge is 2.43. The van der Waals surface area contributed by atoms with Crippen LogP contribution in [0.4, 0.5) is 13.2 Å². The fraction of sp³-hybridized carbons (Fsp3) is 0.333. The molecule has 0 radical (unpaired) electrons. The maximum Gasteiger partial charge on any atom is 0.477 e. The van der Waals surface area contributed by atoms with Gasteiger partial charge in [-0.3, -0.25) is 5.01 Å². The van der Waals surface area contributed by atoms with Crippen molar-refractivity contribution < 1.29 is 17.9 Å². The molecule has 1 aliphatic heterocycles. The van der Waals surface area contributed by atoms with Gasteiger partial charge in [0.2, 0.25) is 0 Å². The van der Waals surface area contributed by atoms with E-state index in [-0.39, 0.29) is 23.1 Å². The molecular formula is C12H12ClF3N2O. The molecule has 0 atom stereocenters. The molecule has 0 fully saturated rings. The van der Waals surface area contributed by atoms with E-state index in [9.17, 15) is 13.2 Å². The smallest absolute Gasteiger partial charge is 0.477 e. The van der Waals surface area contributed by atoms with Crippen LogP contribution in [0.5, 0.6) is 5.75 Å². The number of methoxy groups -OCH3 is 1. The van der Waals surface area contributed by atoms with Crippen LogP contribution in [0.2, 0.25) is 0 Å². The quantitative estimate of drug-likeness (QED) is 0.795. The fourth-order valence-corrected chi connectivity index (χ4v) is 2.02. The average Bonchev–Trinajstić information content (AvgIpc) is 2.71. The van der Waals surface area contributed by atoms with Crippen LogP contribution in [0.3, 0.4) is 0 Å². The fourth-order valence-electron chi connectivity index (χ4n) is 1.79. The Bertz CT molecular complexity index is 473. The lowest BCUT2D eigenvalue weighted by atomic mass is 10.2. The van der Waals surface area contributed by atoms with Crippen molar-refractivity contribution in [1.82, 2.24) is 10.0 Å². The summed E-state index contributed by atoms with van der Waals surface area (Å²) >= 11 is 5.68. The summed E-state index contributed by atoms with van der Waals surface area (Å²) in [4.78, 5) is 0. The van der Waals surface area contributed by atoms with E-state index in [1.54, 1.807) is 24.3 Å². The molecule has 3 nitrogen and oxygen atoms in total. The first-order valence-electron chi connectivity index (χ1n) is 5.50. The molecule has 19 heavy (non-hydrogen) atoms. The van der Waals surface area contributed by atoms with Gasteiger partial charge in [-0.1, -0.05) is 23.7 Å². The number of nitrogens with zero attached hydrogens (tertiary/aromatic N) is 2. The van der Waals surface area contributed by atoms with Crippen molar-refractivity contribution in [2.45, 2.75) is 12.8 Å². The van der Waals surface area contributed by atoms with Gasteiger partial charge in [-0.15, -0.1) is 5.01 Å². The molecule has 0 amide bonds. The average molecular weight is 293 g/mol. The summed E-state index contributed by atoms with van der Waals surface area (Å²) in [6.45, 7) is -0.249. The van der Waals surface area contributed by atoms with Gasteiger partial charge in [0.05, 0.1) is 25.2 Å². The van der Waals surface area contributed by atoms with Gasteiger partial charge in [0.15, 0.2) is 0 Å². The van der Waals surface area contributed by atoms with Gasteiger partial charge in [0, 0.05) is 6.20 Å². The molecule has 7 heteroatoms. The molecule has 0 aromatic heterocycles. The number of benzene rings is 1. The standard InChI is InChI=1S/C12H12ClF3N2O/c1-19-11-4-2-9(3-5-11)6-17-7-10(13)8-18(17)12(14,15)16/h2-5,7H,6,8H2,1H3. The Morgan fingerprint density at radius 2 is 1.89 bits per heavy atom. The SMILES string of the molecule is COc1ccc(CN2C=C(Cl)CN2C(F)(F)F)cc1. The second kappa shape index (κ2) is 5.30. The van der Waals surface area contributed by atoms with E-state index in [0.29, 0.717) is 5.75 Å². The molecule has 0 unspecified atom stereocenters. The van der Waals surface area contributed by atoms with Gasteiger partial charge >= 0.3 is 6.30 Å². The van der Waals surface area contributed by atoms with Crippen LogP contribution in [-0.2, 0) is 6.54 Å². The Labute approximate surface area is 113 Å². The van der Waals surface area contributed by atoms with E-state index in [2.05, 4.69) is 0 Å². The van der Waals surface area contributed by atoms with Crippen molar-refractivity contribution in [3.63, 3.8) is 0 Å². The van der Waals surface area contributed by atoms with Crippen LogP contribution >= 0.6 is 11.6 Å². The zero-order valence-corrected chi connectivity index (χ0v) is 10.9. The molecule has 1 aliphatic rings. The number of alkyl halides is 3. The number of hydrogen-bond acceptors (Lipinski definition) is 3. The number of rotatable bonds is 3. The summed E-state index contributed by atoms with van der Waals surface area (Å²) in [7, 11) is 1.53. The van der Waals surface area contributed by atoms with E-state index in [0.717, 1.165) is 10.6 Å². The van der Waals surface area contributed by atoms with E-state index >= 15 is 0 Å². The summed E-state index contributed by atoms with van der Waals surface area (Å²) < 4.78 is 43.3. The molecule has 1 heterocycles. The predicted octanol–water partition coefficient (Wildman–Crippen LogP) is 3.33. The second-order valence-electron chi connectivity index (χ2n) is 4.05. The molecule has 0 N–H and O–H groups in total. The van der Waals surface area contributed by atoms with E-state index < -0.39 is 6.30 Å². The van der Waals surface area contributed by atoms with E-state index in [4.69, 9.17) is 16.3 Å². The molecule has 0 aliphatic carbocycles. The lowest BCUT2D eigenvalue weighted by Gasteiger charge is -2.30. The van der Waals surface area contributed by atoms with Gasteiger partial charge in [0.25, 0.3) is 0 Å². The summed E-state index contributed by atoms with van der Waals surface area (Å²) in [6, 6.07) is 6.84. The van der Waals surface area contributed by atoms with Gasteiger partial charge < -0.3 is 4.74 Å². The molecule has 0 bridgehead atoms. The van der Waals surface area contributed by atoms with Crippen LogP contribution in [-0.4, -0.2) is 30.0 Å². The van der Waals surface area contributed by atoms with Crippen LogP contribution in [0.1, 0.15) is 5.56 Å². The third-order valence-electron chi connectivity index (χ3n) is 2.70. The van der Waals surface area contributed by atoms with Crippen molar-refractivity contribution in [2.24, 2.45) is 0 Å². The maximum atomic E-state index is 12.8. The first-order valence-corrected chi connectivity index (χ1v) is 5.88. The minimum absolute atomic E-state index is 0.0969. The Morgan fingerprint density at radius 3 is 2.42 bits per heavy atom. The number of ether oxygens (including phenoxy) is 1. The molecular weight excluding hydrogens is 281 g/mol. The second-order valence-corrected chi connectivity index (χ2v) is 4.53. The number of hydrogen-bond donors (Lipinski definition) is 0. The van der Waals surface area contributed by atoms with E-state index in [1.165, 1.54) is 13.3 Å². The lowest BCUT2D eigenvalue weighted by molar-refractivity contribution is -0.296. The molecule has 1 aromatic rings. The Morgan fingerprint density at radius 1 is 1.26 bits per heavy atom. The Hall–Kier alpha value is -1.40. The van der Waals surface area contributed by atoms with Gasteiger partial charge in [-0.2, -0.15) is 13.2 Å². The highest BCUT2D eigenvalue weighted by molar-refractivity contribution is 6.29. The van der Waals surface area contributed by atoms with Gasteiger partial charge in [-0.05, 0) is 17.7 Å². The van der Waals surface area contributed by atoms with Crippen molar-refractivity contribution in [1.29, 1.82) is 0 Å². The molecule has 104 valence electrons. The largest absolute Gasteiger partial charge is 0.497 e. The third kappa shape index (κ3) is 3.33. The number of halogens is 4. The first kappa shape index (κ1) is 14.0. The highest BCUT2D eigenvalue weighted by Crippen LogP contribution is 2.31. The van der Waals surface area contributed by atoms with Crippen molar-refractivity contribution in [3.05, 3.63) is 41.1 Å². The minimum atomic E-state index is -4.44. The van der Waals surface area contributed by atoms with Crippen LogP contribution in [0.15, 0.2) is 35.5 Å². The Balaban J connectivity index is 2.11. The summed E-state index contributed by atoms with van der Waals surface area (Å²) in [5.74, 6) is 0.659. The van der Waals surface area contributed by atoms with Crippen molar-refractivity contribution in [2.75, 3.05) is 13.7 Å². The third-order valence-corrected chi connectivity index (χ3v) is 2.91. The monoisotopic (exact) mass is 292 g/mol. The summed E-state index contributed by atoms with van der Waals surface area (Å²) in [6.07, 6.45) is -3.15. The predicted molar refractivity (Wildman–Crippen MR) is 65.2 cm³/mol. The topological polar surface area (TPSA) is 15.7 Å². The zero-order chi connectivity index (χ0) is 14.0. The molecule has 1 aromatic carbocycles. The van der Waals surface area contributed by atoms with Crippen LogP contribution < -0.4 is 4.74 Å². The maximum absolute atomic E-state index is 12.8. The molecule has 0 saturated carbocycles. The Kier molecular flexibility index (Phi) is 3.91. The van der Waals surface area contributed by atoms with Crippen LogP contribution in [0.25, 0.3) is 0 Å². The van der Waals surface area contributed by atoms with Crippen LogP contribution in [0, 0.1) is 0 Å². The van der Waals surface area contributed by atoms with Crippen molar-refractivity contribution in [3.8, 4) is 5.75 Å². The normalized spacial score (nSPS) is 16.7. The summed E-state index contributed by atoms with van der Waals surface area (Å²) in [5, 5.41) is 1.50. The molecule has 2 rings (SSSR count). The molecule has 0 saturated heterocycles. The highest BCUT2D eigenvalue weighted by atomic mass is 35.5. The lowest BCUT2D eigenvalue weighted by Crippen LogP contribution is -2.45. The van der Waals surface area contributed by atoms with Gasteiger partial charge in [0.1, 0.15) is 5.75 Å². The molecule has 0 spiro atoms. The minimum Gasteiger partial charge on any atom is -0.497 e. The summed E-state index contributed by atoms with van der Waals surface area (Å²) in [5.41, 5.74) is 0.734. The van der Waals surface area contributed by atoms with Gasteiger partial charge in [-0.25, -0.2) is 0 Å². The number of hydrazine groups is 1. The van der Waals surface area contributed by atoms with Crippen molar-refractivity contribution >= 4 is 11.6 Å².